The number of nitrogens with zero attached hydrogens (tertiary/aromatic N) is 1. The lowest BCUT2D eigenvalue weighted by Crippen LogP contribution is -2.09. The fourth-order valence-electron chi connectivity index (χ4n) is 2.54. The van der Waals surface area contributed by atoms with Crippen LogP contribution < -0.4 is 4.74 Å². The molecule has 1 aromatic heterocycles. The number of ether oxygens (including phenoxy) is 1. The molecule has 0 radical (unpaired) electrons. The highest BCUT2D eigenvalue weighted by Gasteiger charge is 2.14. The number of benzene rings is 1. The van der Waals surface area contributed by atoms with Crippen LogP contribution in [0.15, 0.2) is 18.2 Å². The first-order chi connectivity index (χ1) is 9.62. The molecule has 0 unspecified atom stereocenters. The summed E-state index contributed by atoms with van der Waals surface area (Å²) in [5.74, 6) is 0.837. The molecule has 0 saturated carbocycles. The fourth-order valence-corrected chi connectivity index (χ4v) is 2.54. The largest absolute Gasteiger partial charge is 0.491 e. The van der Waals surface area contributed by atoms with E-state index in [2.05, 4.69) is 31.4 Å². The van der Waals surface area contributed by atoms with E-state index in [9.17, 15) is 4.79 Å². The van der Waals surface area contributed by atoms with Gasteiger partial charge in [-0.15, -0.1) is 0 Å². The van der Waals surface area contributed by atoms with Crippen LogP contribution in [0.5, 0.6) is 5.75 Å². The van der Waals surface area contributed by atoms with Gasteiger partial charge in [0.2, 0.25) is 0 Å². The van der Waals surface area contributed by atoms with Crippen LogP contribution in [0.1, 0.15) is 49.7 Å². The lowest BCUT2D eigenvalue weighted by molar-refractivity contribution is 0.112. The molecule has 3 nitrogen and oxygen atoms in total. The van der Waals surface area contributed by atoms with Gasteiger partial charge in [0, 0.05) is 28.7 Å². The summed E-state index contributed by atoms with van der Waals surface area (Å²) < 4.78 is 8.07. The summed E-state index contributed by atoms with van der Waals surface area (Å²) in [5, 5.41) is 0.992. The number of aldehydes is 1. The van der Waals surface area contributed by atoms with Crippen molar-refractivity contribution in [1.82, 2.24) is 4.57 Å². The van der Waals surface area contributed by atoms with Crippen LogP contribution in [0.4, 0.5) is 0 Å². The molecule has 1 aromatic carbocycles. The average Bonchev–Trinajstić information content (AvgIpc) is 2.71. The van der Waals surface area contributed by atoms with Crippen molar-refractivity contribution in [3.05, 3.63) is 29.5 Å². The average molecular weight is 273 g/mol. The molecule has 0 bridgehead atoms. The van der Waals surface area contributed by atoms with Crippen molar-refractivity contribution >= 4 is 17.2 Å². The number of carbonyl (C=O) groups excluding carboxylic acids is 1. The first-order valence-corrected chi connectivity index (χ1v) is 7.37. The molecule has 0 saturated heterocycles. The smallest absolute Gasteiger partial charge is 0.152 e. The van der Waals surface area contributed by atoms with Gasteiger partial charge in [-0.1, -0.05) is 13.8 Å². The summed E-state index contributed by atoms with van der Waals surface area (Å²) in [5.41, 5.74) is 2.93. The van der Waals surface area contributed by atoms with Gasteiger partial charge < -0.3 is 9.30 Å². The van der Waals surface area contributed by atoms with E-state index in [1.54, 1.807) is 0 Å². The molecule has 0 aliphatic rings. The second-order valence-corrected chi connectivity index (χ2v) is 5.28. The number of aryl methyl sites for hydroxylation is 1. The molecule has 1 heterocycles. The Morgan fingerprint density at radius 3 is 2.70 bits per heavy atom. The third-order valence-electron chi connectivity index (χ3n) is 3.82. The summed E-state index contributed by atoms with van der Waals surface area (Å²) in [6.45, 7) is 9.24. The molecule has 0 spiro atoms. The second-order valence-electron chi connectivity index (χ2n) is 5.28. The SMILES string of the molecule is CCCn1c(C)c(C=O)c2cc(O[C@H](C)CC)ccc21. The Morgan fingerprint density at radius 1 is 1.35 bits per heavy atom. The van der Waals surface area contributed by atoms with E-state index in [1.807, 2.05) is 19.1 Å². The van der Waals surface area contributed by atoms with Crippen molar-refractivity contribution in [1.29, 1.82) is 0 Å². The van der Waals surface area contributed by atoms with Crippen LogP contribution in [0.3, 0.4) is 0 Å². The van der Waals surface area contributed by atoms with Gasteiger partial charge in [0.15, 0.2) is 6.29 Å². The number of rotatable bonds is 6. The Hall–Kier alpha value is -1.77. The van der Waals surface area contributed by atoms with Gasteiger partial charge in [0.25, 0.3) is 0 Å². The molecule has 3 heteroatoms. The Kier molecular flexibility index (Phi) is 4.48. The zero-order valence-corrected chi connectivity index (χ0v) is 12.8. The maximum absolute atomic E-state index is 11.4. The molecule has 1 atom stereocenters. The van der Waals surface area contributed by atoms with E-state index >= 15 is 0 Å². The van der Waals surface area contributed by atoms with Crippen molar-refractivity contribution in [2.45, 2.75) is 53.2 Å². The number of hydrogen-bond acceptors (Lipinski definition) is 2. The highest BCUT2D eigenvalue weighted by molar-refractivity contribution is 6.00. The van der Waals surface area contributed by atoms with Crippen molar-refractivity contribution in [2.24, 2.45) is 0 Å². The molecule has 0 amide bonds. The first kappa shape index (κ1) is 14.6. The third kappa shape index (κ3) is 2.58. The van der Waals surface area contributed by atoms with Gasteiger partial charge in [-0.3, -0.25) is 4.79 Å². The van der Waals surface area contributed by atoms with E-state index in [0.29, 0.717) is 0 Å². The van der Waals surface area contributed by atoms with E-state index in [-0.39, 0.29) is 6.10 Å². The standard InChI is InChI=1S/C17H23NO2/c1-5-9-18-13(4)16(11-19)15-10-14(7-8-17(15)18)20-12(3)6-2/h7-8,10-12H,5-6,9H2,1-4H3/t12-/m1/s1. The zero-order valence-electron chi connectivity index (χ0n) is 12.8. The highest BCUT2D eigenvalue weighted by atomic mass is 16.5. The molecule has 20 heavy (non-hydrogen) atoms. The fraction of sp³-hybridized carbons (Fsp3) is 0.471. The van der Waals surface area contributed by atoms with Crippen LogP contribution in [-0.2, 0) is 6.54 Å². The van der Waals surface area contributed by atoms with Gasteiger partial charge in [0.1, 0.15) is 5.75 Å². The Morgan fingerprint density at radius 2 is 2.10 bits per heavy atom. The molecule has 0 fully saturated rings. The van der Waals surface area contributed by atoms with Crippen LogP contribution >= 0.6 is 0 Å². The van der Waals surface area contributed by atoms with Crippen LogP contribution in [-0.4, -0.2) is 17.0 Å². The quantitative estimate of drug-likeness (QED) is 0.733. The minimum absolute atomic E-state index is 0.186. The monoisotopic (exact) mass is 273 g/mol. The number of fused-ring (bicyclic) bond motifs is 1. The zero-order chi connectivity index (χ0) is 14.7. The second kappa shape index (κ2) is 6.12. The van der Waals surface area contributed by atoms with Gasteiger partial charge in [-0.05, 0) is 44.9 Å². The molecule has 0 aliphatic carbocycles. The molecular weight excluding hydrogens is 250 g/mol. The third-order valence-corrected chi connectivity index (χ3v) is 3.82. The van der Waals surface area contributed by atoms with E-state index in [0.717, 1.165) is 53.6 Å². The Labute approximate surface area is 120 Å². The number of hydrogen-bond donors (Lipinski definition) is 0. The van der Waals surface area contributed by atoms with Crippen LogP contribution in [0, 0.1) is 6.92 Å². The maximum atomic E-state index is 11.4. The summed E-state index contributed by atoms with van der Waals surface area (Å²) in [6.07, 6.45) is 3.16. The van der Waals surface area contributed by atoms with Crippen LogP contribution in [0.2, 0.25) is 0 Å². The molecule has 2 rings (SSSR count). The molecular formula is C17H23NO2. The number of carbonyl (C=O) groups is 1. The van der Waals surface area contributed by atoms with Crippen molar-refractivity contribution in [3.8, 4) is 5.75 Å². The summed E-state index contributed by atoms with van der Waals surface area (Å²) in [6, 6.07) is 6.04. The normalized spacial score (nSPS) is 12.6. The van der Waals surface area contributed by atoms with E-state index < -0.39 is 0 Å². The van der Waals surface area contributed by atoms with E-state index in [4.69, 9.17) is 4.74 Å². The van der Waals surface area contributed by atoms with Gasteiger partial charge >= 0.3 is 0 Å². The molecule has 0 N–H and O–H groups in total. The predicted octanol–water partition coefficient (Wildman–Crippen LogP) is 4.35. The lowest BCUT2D eigenvalue weighted by Gasteiger charge is -2.13. The Balaban J connectivity index is 2.53. The highest BCUT2D eigenvalue weighted by Crippen LogP contribution is 2.29. The summed E-state index contributed by atoms with van der Waals surface area (Å²) >= 11 is 0. The van der Waals surface area contributed by atoms with Crippen LogP contribution in [0.25, 0.3) is 10.9 Å². The minimum Gasteiger partial charge on any atom is -0.491 e. The van der Waals surface area contributed by atoms with Gasteiger partial charge in [-0.25, -0.2) is 0 Å². The Bertz CT molecular complexity index is 613. The van der Waals surface area contributed by atoms with Crippen molar-refractivity contribution < 1.29 is 9.53 Å². The topological polar surface area (TPSA) is 31.2 Å². The van der Waals surface area contributed by atoms with Gasteiger partial charge in [-0.2, -0.15) is 0 Å². The molecule has 108 valence electrons. The summed E-state index contributed by atoms with van der Waals surface area (Å²) in [4.78, 5) is 11.4. The van der Waals surface area contributed by atoms with Crippen molar-refractivity contribution in [2.75, 3.05) is 0 Å². The lowest BCUT2D eigenvalue weighted by atomic mass is 10.1. The molecule has 2 aromatic rings. The predicted molar refractivity (Wildman–Crippen MR) is 82.7 cm³/mol. The number of aromatic nitrogens is 1. The van der Waals surface area contributed by atoms with E-state index in [1.165, 1.54) is 0 Å². The first-order valence-electron chi connectivity index (χ1n) is 7.37. The van der Waals surface area contributed by atoms with Crippen molar-refractivity contribution in [3.63, 3.8) is 0 Å². The van der Waals surface area contributed by atoms with Gasteiger partial charge in [0.05, 0.1) is 6.10 Å². The molecule has 0 aliphatic heterocycles. The minimum atomic E-state index is 0.186. The summed E-state index contributed by atoms with van der Waals surface area (Å²) in [7, 11) is 0. The maximum Gasteiger partial charge on any atom is 0.152 e.